The molecule has 2 nitrogen and oxygen atoms in total. The normalized spacial score (nSPS) is 34.5. The van der Waals surface area contributed by atoms with Gasteiger partial charge in [0.25, 0.3) is 0 Å². The van der Waals surface area contributed by atoms with Crippen LogP contribution in [0.4, 0.5) is 0 Å². The maximum Gasteiger partial charge on any atom is 0.0973 e. The third-order valence-corrected chi connectivity index (χ3v) is 0.782. The first-order chi connectivity index (χ1) is 2.89. The van der Waals surface area contributed by atoms with E-state index in [9.17, 15) is 0 Å². The summed E-state index contributed by atoms with van der Waals surface area (Å²) in [7, 11) is 0. The van der Waals surface area contributed by atoms with Gasteiger partial charge in [-0.25, -0.2) is 0 Å². The minimum atomic E-state index is 0.310. The number of nitrogens with one attached hydrogen (secondary N) is 1. The summed E-state index contributed by atoms with van der Waals surface area (Å²) >= 11 is 0. The van der Waals surface area contributed by atoms with Crippen LogP contribution in [0.15, 0.2) is 0 Å². The highest BCUT2D eigenvalue weighted by Crippen LogP contribution is 1.96. The number of rotatable bonds is 0. The summed E-state index contributed by atoms with van der Waals surface area (Å²) in [6, 6.07) is 0. The van der Waals surface area contributed by atoms with Crippen molar-refractivity contribution in [2.24, 2.45) is 0 Å². The second kappa shape index (κ2) is 1.58. The molecule has 0 bridgehead atoms. The molecule has 0 amide bonds. The van der Waals surface area contributed by atoms with Crippen LogP contribution in [0.1, 0.15) is 6.92 Å². The number of ether oxygens (including phenoxy) is 1. The van der Waals surface area contributed by atoms with Crippen molar-refractivity contribution in [3.05, 3.63) is 6.54 Å². The van der Waals surface area contributed by atoms with Crippen LogP contribution < -0.4 is 5.32 Å². The fourth-order valence-electron chi connectivity index (χ4n) is 0.442. The van der Waals surface area contributed by atoms with Crippen molar-refractivity contribution in [3.63, 3.8) is 0 Å². The highest BCUT2D eigenvalue weighted by molar-refractivity contribution is 4.73. The van der Waals surface area contributed by atoms with Crippen LogP contribution in [0.25, 0.3) is 0 Å². The standard InChI is InChI=1S/C4H8NO/c1-4-2-5-3-6-4/h2,4-5H,3H2,1H3. The van der Waals surface area contributed by atoms with Gasteiger partial charge in [0.05, 0.1) is 19.4 Å². The van der Waals surface area contributed by atoms with Crippen LogP contribution in [0.2, 0.25) is 0 Å². The van der Waals surface area contributed by atoms with Crippen molar-refractivity contribution in [3.8, 4) is 0 Å². The molecule has 6 heavy (non-hydrogen) atoms. The Morgan fingerprint density at radius 3 is 3.00 bits per heavy atom. The van der Waals surface area contributed by atoms with E-state index in [1.165, 1.54) is 0 Å². The van der Waals surface area contributed by atoms with Crippen molar-refractivity contribution in [1.29, 1.82) is 0 Å². The molecule has 1 heterocycles. The molecular formula is C4H8NO. The van der Waals surface area contributed by atoms with Gasteiger partial charge in [0, 0.05) is 0 Å². The van der Waals surface area contributed by atoms with Crippen molar-refractivity contribution < 1.29 is 4.74 Å². The van der Waals surface area contributed by atoms with Crippen molar-refractivity contribution in [2.45, 2.75) is 13.0 Å². The number of hydrogen-bond acceptors (Lipinski definition) is 2. The average Bonchev–Trinajstić information content (AvgIpc) is 1.86. The zero-order valence-electron chi connectivity index (χ0n) is 3.77. The second-order valence-electron chi connectivity index (χ2n) is 1.39. The lowest BCUT2D eigenvalue weighted by atomic mass is 10.4. The molecule has 0 aromatic carbocycles. The van der Waals surface area contributed by atoms with Crippen LogP contribution in [-0.4, -0.2) is 12.8 Å². The van der Waals surface area contributed by atoms with Crippen LogP contribution in [0.5, 0.6) is 0 Å². The molecule has 1 aliphatic rings. The molecule has 0 aromatic heterocycles. The molecule has 1 radical (unpaired) electrons. The minimum absolute atomic E-state index is 0.310. The summed E-state index contributed by atoms with van der Waals surface area (Å²) in [6.45, 7) is 4.61. The Morgan fingerprint density at radius 1 is 2.00 bits per heavy atom. The van der Waals surface area contributed by atoms with Crippen molar-refractivity contribution in [1.82, 2.24) is 5.32 Å². The molecule has 1 unspecified atom stereocenters. The van der Waals surface area contributed by atoms with E-state index < -0.39 is 0 Å². The molecule has 1 aliphatic heterocycles. The van der Waals surface area contributed by atoms with E-state index >= 15 is 0 Å². The zero-order valence-corrected chi connectivity index (χ0v) is 3.77. The first kappa shape index (κ1) is 4.09. The van der Waals surface area contributed by atoms with Gasteiger partial charge in [0.1, 0.15) is 0 Å². The van der Waals surface area contributed by atoms with Crippen LogP contribution in [-0.2, 0) is 4.74 Å². The van der Waals surface area contributed by atoms with E-state index in [1.807, 2.05) is 13.5 Å². The summed E-state index contributed by atoms with van der Waals surface area (Å²) in [5.41, 5.74) is 0. The maximum atomic E-state index is 4.99. The molecule has 0 spiro atoms. The van der Waals surface area contributed by atoms with Crippen molar-refractivity contribution >= 4 is 0 Å². The SMILES string of the molecule is CC1[CH]NCO1. The second-order valence-corrected chi connectivity index (χ2v) is 1.39. The summed E-state index contributed by atoms with van der Waals surface area (Å²) in [5, 5.41) is 2.92. The lowest BCUT2D eigenvalue weighted by Crippen LogP contribution is -2.01. The third kappa shape index (κ3) is 0.698. The van der Waals surface area contributed by atoms with E-state index in [2.05, 4.69) is 5.32 Å². The van der Waals surface area contributed by atoms with Gasteiger partial charge in [0.15, 0.2) is 0 Å². The molecule has 2 heteroatoms. The summed E-state index contributed by atoms with van der Waals surface area (Å²) in [4.78, 5) is 0. The smallest absolute Gasteiger partial charge is 0.0973 e. The fraction of sp³-hybridized carbons (Fsp3) is 0.750. The molecule has 1 saturated heterocycles. The molecule has 0 aliphatic carbocycles. The highest BCUT2D eigenvalue weighted by atomic mass is 16.5. The van der Waals surface area contributed by atoms with Gasteiger partial charge in [-0.1, -0.05) is 0 Å². The van der Waals surface area contributed by atoms with E-state index in [-0.39, 0.29) is 0 Å². The van der Waals surface area contributed by atoms with Gasteiger partial charge in [-0.15, -0.1) is 0 Å². The Kier molecular flexibility index (Phi) is 1.08. The summed E-state index contributed by atoms with van der Waals surface area (Å²) in [6.07, 6.45) is 0.310. The Morgan fingerprint density at radius 2 is 2.83 bits per heavy atom. The van der Waals surface area contributed by atoms with Crippen LogP contribution in [0.3, 0.4) is 0 Å². The lowest BCUT2D eigenvalue weighted by molar-refractivity contribution is 0.132. The Balaban J connectivity index is 2.18. The van der Waals surface area contributed by atoms with Gasteiger partial charge in [0.2, 0.25) is 0 Å². The van der Waals surface area contributed by atoms with E-state index in [0.29, 0.717) is 12.8 Å². The summed E-state index contributed by atoms with van der Waals surface area (Å²) in [5.74, 6) is 0. The van der Waals surface area contributed by atoms with Crippen LogP contribution in [0, 0.1) is 6.54 Å². The first-order valence-corrected chi connectivity index (χ1v) is 2.08. The third-order valence-electron chi connectivity index (χ3n) is 0.782. The van der Waals surface area contributed by atoms with E-state index in [4.69, 9.17) is 4.74 Å². The van der Waals surface area contributed by atoms with Gasteiger partial charge in [-0.05, 0) is 6.92 Å². The van der Waals surface area contributed by atoms with Gasteiger partial charge < -0.3 is 4.74 Å². The van der Waals surface area contributed by atoms with Crippen LogP contribution >= 0.6 is 0 Å². The Labute approximate surface area is 37.5 Å². The van der Waals surface area contributed by atoms with Gasteiger partial charge in [-0.3, -0.25) is 5.32 Å². The predicted molar refractivity (Wildman–Crippen MR) is 22.8 cm³/mol. The fourth-order valence-corrected chi connectivity index (χ4v) is 0.442. The topological polar surface area (TPSA) is 21.3 Å². The Hall–Kier alpha value is -0.0800. The van der Waals surface area contributed by atoms with Gasteiger partial charge >= 0.3 is 0 Å². The highest BCUT2D eigenvalue weighted by Gasteiger charge is 2.06. The molecule has 1 atom stereocenters. The van der Waals surface area contributed by atoms with E-state index in [0.717, 1.165) is 0 Å². The van der Waals surface area contributed by atoms with E-state index in [1.54, 1.807) is 0 Å². The molecule has 35 valence electrons. The molecular weight excluding hydrogens is 78.0 g/mol. The Bertz CT molecular complexity index is 40.8. The largest absolute Gasteiger partial charge is 0.362 e. The average molecular weight is 86.1 g/mol. The maximum absolute atomic E-state index is 4.99. The molecule has 0 aromatic rings. The zero-order chi connectivity index (χ0) is 4.41. The quantitative estimate of drug-likeness (QED) is 0.452. The minimum Gasteiger partial charge on any atom is -0.362 e. The molecule has 1 rings (SSSR count). The lowest BCUT2D eigenvalue weighted by Gasteiger charge is -1.92. The number of hydrogen-bond donors (Lipinski definition) is 1. The van der Waals surface area contributed by atoms with Gasteiger partial charge in [-0.2, -0.15) is 0 Å². The molecule has 0 saturated carbocycles. The summed E-state index contributed by atoms with van der Waals surface area (Å²) < 4.78 is 4.99. The first-order valence-electron chi connectivity index (χ1n) is 2.08. The monoisotopic (exact) mass is 86.1 g/mol. The molecule has 1 N–H and O–H groups in total. The van der Waals surface area contributed by atoms with Crippen molar-refractivity contribution in [2.75, 3.05) is 6.73 Å². The predicted octanol–water partition coefficient (Wildman–Crippen LogP) is 0.114. The molecule has 1 fully saturated rings.